The Hall–Kier alpha value is -4.37. The van der Waals surface area contributed by atoms with Gasteiger partial charge in [0.1, 0.15) is 17.5 Å². The van der Waals surface area contributed by atoms with Gasteiger partial charge in [0.25, 0.3) is 5.91 Å². The minimum absolute atomic E-state index is 0.104. The molecule has 0 unspecified atom stereocenters. The third kappa shape index (κ3) is 6.89. The summed E-state index contributed by atoms with van der Waals surface area (Å²) in [5, 5.41) is 11.6. The maximum absolute atomic E-state index is 13.4. The van der Waals surface area contributed by atoms with Crippen molar-refractivity contribution < 1.29 is 29.1 Å². The molecule has 0 aromatic heterocycles. The van der Waals surface area contributed by atoms with Crippen LogP contribution in [0.25, 0.3) is 0 Å². The van der Waals surface area contributed by atoms with Crippen LogP contribution in [0.4, 0.5) is 5.69 Å². The first-order valence-corrected chi connectivity index (χ1v) is 12.4. The van der Waals surface area contributed by atoms with Crippen LogP contribution in [0.5, 0.6) is 11.5 Å². The number of ether oxygens (including phenoxy) is 2. The molecule has 9 heteroatoms. The molecular weight excluding hydrogens is 486 g/mol. The summed E-state index contributed by atoms with van der Waals surface area (Å²) in [5.74, 6) is 0.0714. The van der Waals surface area contributed by atoms with Gasteiger partial charge in [0.05, 0.1) is 7.11 Å². The van der Waals surface area contributed by atoms with E-state index in [9.17, 15) is 14.4 Å². The molecule has 3 N–H and O–H groups in total. The number of carbonyl (C=O) groups is 3. The Morgan fingerprint density at radius 3 is 2.42 bits per heavy atom. The van der Waals surface area contributed by atoms with E-state index in [2.05, 4.69) is 5.32 Å². The van der Waals surface area contributed by atoms with Crippen LogP contribution in [0.2, 0.25) is 0 Å². The summed E-state index contributed by atoms with van der Waals surface area (Å²) >= 11 is 0. The molecule has 0 fully saturated rings. The van der Waals surface area contributed by atoms with Crippen molar-refractivity contribution in [1.82, 2.24) is 10.4 Å². The Morgan fingerprint density at radius 2 is 1.71 bits per heavy atom. The molecule has 1 heterocycles. The van der Waals surface area contributed by atoms with Crippen molar-refractivity contribution in [3.8, 4) is 11.5 Å². The fraction of sp³-hybridized carbons (Fsp3) is 0.276. The van der Waals surface area contributed by atoms with Crippen molar-refractivity contribution >= 4 is 23.4 Å². The molecule has 3 aromatic carbocycles. The lowest BCUT2D eigenvalue weighted by Gasteiger charge is -2.36. The summed E-state index contributed by atoms with van der Waals surface area (Å²) in [4.78, 5) is 39.7. The molecule has 0 spiro atoms. The molecule has 4 rings (SSSR count). The second kappa shape index (κ2) is 12.7. The van der Waals surface area contributed by atoms with E-state index in [0.29, 0.717) is 36.4 Å². The Kier molecular flexibility index (Phi) is 8.94. The first kappa shape index (κ1) is 26.7. The third-order valence-corrected chi connectivity index (χ3v) is 6.48. The maximum atomic E-state index is 13.4. The van der Waals surface area contributed by atoms with Crippen molar-refractivity contribution in [2.45, 2.75) is 38.3 Å². The number of amides is 3. The largest absolute Gasteiger partial charge is 0.497 e. The maximum Gasteiger partial charge on any atom is 0.281 e. The molecule has 0 saturated heterocycles. The van der Waals surface area contributed by atoms with Gasteiger partial charge in [-0.3, -0.25) is 19.6 Å². The van der Waals surface area contributed by atoms with Crippen molar-refractivity contribution in [3.05, 3.63) is 89.5 Å². The summed E-state index contributed by atoms with van der Waals surface area (Å²) in [5.41, 5.74) is 5.07. The molecule has 1 aliphatic rings. The van der Waals surface area contributed by atoms with Crippen molar-refractivity contribution in [3.63, 3.8) is 0 Å². The zero-order valence-corrected chi connectivity index (χ0v) is 21.2. The number of hydrogen-bond acceptors (Lipinski definition) is 6. The smallest absolute Gasteiger partial charge is 0.281 e. The summed E-state index contributed by atoms with van der Waals surface area (Å²) < 4.78 is 10.6. The van der Waals surface area contributed by atoms with Crippen LogP contribution >= 0.6 is 0 Å². The van der Waals surface area contributed by atoms with Gasteiger partial charge in [-0.2, -0.15) is 0 Å². The summed E-state index contributed by atoms with van der Waals surface area (Å²) in [6.45, 7) is -0.103. The third-order valence-electron chi connectivity index (χ3n) is 6.48. The van der Waals surface area contributed by atoms with Gasteiger partial charge in [-0.05, 0) is 65.9 Å². The summed E-state index contributed by atoms with van der Waals surface area (Å²) in [6, 6.07) is 21.6. The number of methoxy groups -OCH3 is 1. The molecule has 198 valence electrons. The van der Waals surface area contributed by atoms with Crippen LogP contribution in [0.3, 0.4) is 0 Å². The van der Waals surface area contributed by atoms with Gasteiger partial charge in [0.2, 0.25) is 11.8 Å². The molecule has 1 atom stereocenters. The highest BCUT2D eigenvalue weighted by Crippen LogP contribution is 2.29. The van der Waals surface area contributed by atoms with Crippen LogP contribution < -0.4 is 20.3 Å². The van der Waals surface area contributed by atoms with Crippen LogP contribution in [0.15, 0.2) is 72.8 Å². The van der Waals surface area contributed by atoms with E-state index < -0.39 is 11.9 Å². The lowest BCUT2D eigenvalue weighted by molar-refractivity contribution is -0.140. The number of hydroxylamine groups is 1. The summed E-state index contributed by atoms with van der Waals surface area (Å²) in [6.07, 6.45) is 2.09. The van der Waals surface area contributed by atoms with E-state index in [0.717, 1.165) is 23.1 Å². The van der Waals surface area contributed by atoms with E-state index in [1.807, 2.05) is 36.4 Å². The van der Waals surface area contributed by atoms with Gasteiger partial charge in [-0.1, -0.05) is 36.4 Å². The molecule has 1 aliphatic heterocycles. The first-order valence-electron chi connectivity index (χ1n) is 12.4. The highest BCUT2D eigenvalue weighted by Gasteiger charge is 2.34. The van der Waals surface area contributed by atoms with Gasteiger partial charge in [-0.25, -0.2) is 5.48 Å². The van der Waals surface area contributed by atoms with Crippen LogP contribution in [-0.4, -0.2) is 47.6 Å². The van der Waals surface area contributed by atoms with Gasteiger partial charge in [-0.15, -0.1) is 0 Å². The van der Waals surface area contributed by atoms with E-state index in [4.69, 9.17) is 14.7 Å². The molecule has 0 bridgehead atoms. The Labute approximate surface area is 221 Å². The number of nitrogens with one attached hydrogen (secondary N) is 2. The van der Waals surface area contributed by atoms with Crippen molar-refractivity contribution in [2.24, 2.45) is 0 Å². The fourth-order valence-electron chi connectivity index (χ4n) is 4.46. The molecular formula is C29H31N3O6. The molecule has 3 amide bonds. The summed E-state index contributed by atoms with van der Waals surface area (Å²) in [7, 11) is 1.58. The number of fused-ring (bicyclic) bond motifs is 1. The molecule has 0 radical (unpaired) electrons. The average Bonchev–Trinajstić information content (AvgIpc) is 2.95. The van der Waals surface area contributed by atoms with Crippen LogP contribution in [-0.2, 0) is 33.8 Å². The fourth-order valence-corrected chi connectivity index (χ4v) is 4.46. The number of rotatable bonds is 10. The van der Waals surface area contributed by atoms with E-state index in [1.54, 1.807) is 48.4 Å². The van der Waals surface area contributed by atoms with E-state index in [1.165, 1.54) is 5.48 Å². The topological polar surface area (TPSA) is 117 Å². The first-order chi connectivity index (χ1) is 18.5. The Balaban J connectivity index is 1.50. The van der Waals surface area contributed by atoms with Crippen LogP contribution in [0.1, 0.15) is 29.5 Å². The zero-order valence-electron chi connectivity index (χ0n) is 21.2. The quantitative estimate of drug-likeness (QED) is 0.280. The monoisotopic (exact) mass is 517 g/mol. The van der Waals surface area contributed by atoms with Crippen LogP contribution in [0, 0.1) is 0 Å². The predicted octanol–water partition coefficient (Wildman–Crippen LogP) is 3.49. The van der Waals surface area contributed by atoms with Crippen molar-refractivity contribution in [2.75, 3.05) is 19.0 Å². The Bertz CT molecular complexity index is 1260. The SMILES string of the molecule is COc1ccc(NC(=O)[C@@H]2Cc3ccc(OCC(=O)NO)cc3CN2C(=O)CCCc2ccccc2)cc1. The number of nitrogens with zero attached hydrogens (tertiary/aromatic N) is 1. The normalized spacial score (nSPS) is 14.3. The molecule has 3 aromatic rings. The number of hydrogen-bond donors (Lipinski definition) is 3. The van der Waals surface area contributed by atoms with E-state index in [-0.39, 0.29) is 25.0 Å². The highest BCUT2D eigenvalue weighted by molar-refractivity contribution is 5.97. The Morgan fingerprint density at radius 1 is 0.974 bits per heavy atom. The lowest BCUT2D eigenvalue weighted by Crippen LogP contribution is -2.50. The number of carbonyl (C=O) groups excluding carboxylic acids is 3. The molecule has 0 saturated carbocycles. The van der Waals surface area contributed by atoms with Gasteiger partial charge >= 0.3 is 0 Å². The minimum Gasteiger partial charge on any atom is -0.497 e. The second-order valence-electron chi connectivity index (χ2n) is 9.05. The van der Waals surface area contributed by atoms with Gasteiger partial charge in [0.15, 0.2) is 6.61 Å². The minimum atomic E-state index is -0.680. The average molecular weight is 518 g/mol. The molecule has 0 aliphatic carbocycles. The van der Waals surface area contributed by atoms with E-state index >= 15 is 0 Å². The number of anilines is 1. The number of aryl methyl sites for hydroxylation is 1. The zero-order chi connectivity index (χ0) is 26.9. The molecule has 9 nitrogen and oxygen atoms in total. The highest BCUT2D eigenvalue weighted by atomic mass is 16.5. The lowest BCUT2D eigenvalue weighted by atomic mass is 9.92. The van der Waals surface area contributed by atoms with Crippen molar-refractivity contribution in [1.29, 1.82) is 0 Å². The predicted molar refractivity (Wildman–Crippen MR) is 141 cm³/mol. The molecule has 38 heavy (non-hydrogen) atoms. The second-order valence-corrected chi connectivity index (χ2v) is 9.05. The standard InChI is InChI=1S/C29H31N3O6/c1-37-24-14-11-23(12-15-24)30-29(35)26-17-21-10-13-25(38-19-27(33)31-36)16-22(21)18-32(26)28(34)9-5-8-20-6-3-2-4-7-20/h2-4,6-7,10-16,26,36H,5,8-9,17-19H2,1H3,(H,30,35)(H,31,33)/t26-/m0/s1. The number of benzene rings is 3. The van der Waals surface area contributed by atoms with Gasteiger partial charge < -0.3 is 19.7 Å². The van der Waals surface area contributed by atoms with Gasteiger partial charge in [0, 0.05) is 25.1 Å².